The van der Waals surface area contributed by atoms with Gasteiger partial charge in [-0.25, -0.2) is 0 Å². The largest absolute Gasteiger partial charge is 0.457 e. The minimum absolute atomic E-state index is 0.00828. The average Bonchev–Trinajstić information content (AvgIpc) is 2.74. The number of hydrogen-bond acceptors (Lipinski definition) is 3. The molecule has 4 rings (SSSR count). The maximum atomic E-state index is 13.1. The number of likely N-dealkylation sites (N-methyl/N-ethyl adjacent to an activating group) is 1. The van der Waals surface area contributed by atoms with Crippen LogP contribution in [0, 0.1) is 0 Å². The highest BCUT2D eigenvalue weighted by Crippen LogP contribution is 2.26. The third kappa shape index (κ3) is 4.07. The van der Waals surface area contributed by atoms with Crippen molar-refractivity contribution in [1.82, 2.24) is 4.90 Å². The van der Waals surface area contributed by atoms with Gasteiger partial charge in [0, 0.05) is 20.0 Å². The van der Waals surface area contributed by atoms with Gasteiger partial charge in [0.2, 0.25) is 0 Å². The molecule has 4 heteroatoms. The van der Waals surface area contributed by atoms with E-state index < -0.39 is 0 Å². The van der Waals surface area contributed by atoms with Gasteiger partial charge in [-0.2, -0.15) is 0 Å². The van der Waals surface area contributed by atoms with Crippen LogP contribution in [0.1, 0.15) is 21.5 Å². The lowest BCUT2D eigenvalue weighted by Gasteiger charge is -2.29. The Bertz CT molecular complexity index is 955. The number of hydrogen-bond donors (Lipinski definition) is 0. The molecule has 4 nitrogen and oxygen atoms in total. The summed E-state index contributed by atoms with van der Waals surface area (Å²) in [6, 6.07) is 25.1. The molecule has 0 aliphatic carbocycles. The Morgan fingerprint density at radius 3 is 2.46 bits per heavy atom. The molecule has 1 unspecified atom stereocenters. The van der Waals surface area contributed by atoms with Crippen molar-refractivity contribution < 1.29 is 14.3 Å². The molecule has 1 amide bonds. The molecule has 1 aliphatic heterocycles. The van der Waals surface area contributed by atoms with Gasteiger partial charge in [-0.3, -0.25) is 4.79 Å². The van der Waals surface area contributed by atoms with Gasteiger partial charge in [-0.1, -0.05) is 54.6 Å². The molecule has 1 atom stereocenters. The highest BCUT2D eigenvalue weighted by atomic mass is 16.5. The summed E-state index contributed by atoms with van der Waals surface area (Å²) in [5.74, 6) is 1.19. The first kappa shape index (κ1) is 18.3. The van der Waals surface area contributed by atoms with Crippen LogP contribution in [0.2, 0.25) is 0 Å². The first-order valence-electron chi connectivity index (χ1n) is 9.46. The second-order valence-electron chi connectivity index (χ2n) is 7.00. The molecule has 1 heterocycles. The minimum atomic E-state index is -0.0750. The third-order valence-corrected chi connectivity index (χ3v) is 4.95. The summed E-state index contributed by atoms with van der Waals surface area (Å²) in [6.07, 6.45) is 0.807. The monoisotopic (exact) mass is 373 g/mol. The van der Waals surface area contributed by atoms with E-state index in [1.807, 2.05) is 67.7 Å². The summed E-state index contributed by atoms with van der Waals surface area (Å²) in [5.41, 5.74) is 3.08. The molecule has 0 aromatic heterocycles. The first-order chi connectivity index (χ1) is 13.7. The molecule has 142 valence electrons. The Balaban J connectivity index is 1.46. The minimum Gasteiger partial charge on any atom is -0.457 e. The zero-order valence-electron chi connectivity index (χ0n) is 15.9. The van der Waals surface area contributed by atoms with E-state index in [1.165, 1.54) is 11.1 Å². The van der Waals surface area contributed by atoms with E-state index in [1.54, 1.807) is 11.0 Å². The third-order valence-electron chi connectivity index (χ3n) is 4.95. The van der Waals surface area contributed by atoms with Gasteiger partial charge in [-0.15, -0.1) is 0 Å². The van der Waals surface area contributed by atoms with Crippen LogP contribution in [0.25, 0.3) is 0 Å². The smallest absolute Gasteiger partial charge is 0.257 e. The molecule has 0 saturated carbocycles. The van der Waals surface area contributed by atoms with Gasteiger partial charge in [0.15, 0.2) is 0 Å². The van der Waals surface area contributed by atoms with E-state index in [9.17, 15) is 4.79 Å². The van der Waals surface area contributed by atoms with Crippen molar-refractivity contribution >= 4 is 5.91 Å². The van der Waals surface area contributed by atoms with E-state index in [0.29, 0.717) is 30.2 Å². The van der Waals surface area contributed by atoms with E-state index in [-0.39, 0.29) is 12.0 Å². The van der Waals surface area contributed by atoms with Gasteiger partial charge >= 0.3 is 0 Å². The number of rotatable bonds is 5. The normalized spacial score (nSPS) is 15.5. The number of para-hydroxylation sites is 2. The van der Waals surface area contributed by atoms with Crippen molar-refractivity contribution in [3.05, 3.63) is 95.6 Å². The zero-order chi connectivity index (χ0) is 19.3. The predicted octanol–water partition coefficient (Wildman–Crippen LogP) is 4.69. The SMILES string of the molecule is CN(CC1Cc2ccccc2CO1)C(=O)c1ccccc1Oc1ccccc1. The average molecular weight is 373 g/mol. The van der Waals surface area contributed by atoms with Crippen LogP contribution in [0.5, 0.6) is 11.5 Å². The zero-order valence-corrected chi connectivity index (χ0v) is 15.9. The quantitative estimate of drug-likeness (QED) is 0.651. The van der Waals surface area contributed by atoms with Gasteiger partial charge in [-0.05, 0) is 35.4 Å². The van der Waals surface area contributed by atoms with Crippen LogP contribution in [0.15, 0.2) is 78.9 Å². The highest BCUT2D eigenvalue weighted by Gasteiger charge is 2.24. The Morgan fingerprint density at radius 2 is 1.64 bits per heavy atom. The predicted molar refractivity (Wildman–Crippen MR) is 109 cm³/mol. The maximum absolute atomic E-state index is 13.1. The van der Waals surface area contributed by atoms with Crippen molar-refractivity contribution in [3.63, 3.8) is 0 Å². The van der Waals surface area contributed by atoms with E-state index in [2.05, 4.69) is 12.1 Å². The van der Waals surface area contributed by atoms with Crippen LogP contribution >= 0.6 is 0 Å². The molecule has 1 aliphatic rings. The molecular weight excluding hydrogens is 350 g/mol. The Kier molecular flexibility index (Phi) is 5.40. The molecular formula is C24H23NO3. The molecule has 0 bridgehead atoms. The van der Waals surface area contributed by atoms with Gasteiger partial charge in [0.1, 0.15) is 11.5 Å². The van der Waals surface area contributed by atoms with Crippen molar-refractivity contribution in [3.8, 4) is 11.5 Å². The summed E-state index contributed by atoms with van der Waals surface area (Å²) in [6.45, 7) is 1.13. The summed E-state index contributed by atoms with van der Waals surface area (Å²) in [7, 11) is 1.81. The lowest BCUT2D eigenvalue weighted by atomic mass is 9.99. The summed E-state index contributed by atoms with van der Waals surface area (Å²) < 4.78 is 11.9. The number of carbonyl (C=O) groups excluding carboxylic acids is 1. The Hall–Kier alpha value is -3.11. The molecule has 3 aromatic rings. The molecule has 3 aromatic carbocycles. The second kappa shape index (κ2) is 8.28. The second-order valence-corrected chi connectivity index (χ2v) is 7.00. The number of ether oxygens (including phenoxy) is 2. The van der Waals surface area contributed by atoms with Crippen LogP contribution in [0.3, 0.4) is 0 Å². The highest BCUT2D eigenvalue weighted by molar-refractivity contribution is 5.96. The number of fused-ring (bicyclic) bond motifs is 1. The first-order valence-corrected chi connectivity index (χ1v) is 9.46. The molecule has 0 N–H and O–H groups in total. The van der Waals surface area contributed by atoms with Crippen LogP contribution in [0.4, 0.5) is 0 Å². The van der Waals surface area contributed by atoms with Gasteiger partial charge < -0.3 is 14.4 Å². The van der Waals surface area contributed by atoms with Crippen molar-refractivity contribution in [1.29, 1.82) is 0 Å². The Labute approximate surface area is 165 Å². The van der Waals surface area contributed by atoms with Crippen molar-refractivity contribution in [2.75, 3.05) is 13.6 Å². The maximum Gasteiger partial charge on any atom is 0.257 e. The van der Waals surface area contributed by atoms with Crippen LogP contribution in [-0.4, -0.2) is 30.5 Å². The number of carbonyl (C=O) groups is 1. The number of amides is 1. The number of benzene rings is 3. The van der Waals surface area contributed by atoms with Crippen molar-refractivity contribution in [2.24, 2.45) is 0 Å². The topological polar surface area (TPSA) is 38.8 Å². The summed E-state index contributed by atoms with van der Waals surface area (Å²) in [4.78, 5) is 14.8. The summed E-state index contributed by atoms with van der Waals surface area (Å²) in [5, 5.41) is 0. The fraction of sp³-hybridized carbons (Fsp3) is 0.208. The molecule has 0 fully saturated rings. The lowest BCUT2D eigenvalue weighted by Crippen LogP contribution is -2.38. The molecule has 28 heavy (non-hydrogen) atoms. The van der Waals surface area contributed by atoms with Crippen LogP contribution in [-0.2, 0) is 17.8 Å². The summed E-state index contributed by atoms with van der Waals surface area (Å²) >= 11 is 0. The molecule has 0 radical (unpaired) electrons. The standard InChI is InChI=1S/C24H23NO3/c1-25(16-21-15-18-9-5-6-10-19(18)17-27-21)24(26)22-13-7-8-14-23(22)28-20-11-3-2-4-12-20/h2-14,21H,15-17H2,1H3. The van der Waals surface area contributed by atoms with Gasteiger partial charge in [0.05, 0.1) is 18.3 Å². The van der Waals surface area contributed by atoms with Gasteiger partial charge in [0.25, 0.3) is 5.91 Å². The van der Waals surface area contributed by atoms with Crippen molar-refractivity contribution in [2.45, 2.75) is 19.1 Å². The number of nitrogens with zero attached hydrogens (tertiary/aromatic N) is 1. The fourth-order valence-corrected chi connectivity index (χ4v) is 3.47. The molecule has 0 saturated heterocycles. The van der Waals surface area contributed by atoms with Crippen LogP contribution < -0.4 is 4.74 Å². The van der Waals surface area contributed by atoms with E-state index in [4.69, 9.17) is 9.47 Å². The Morgan fingerprint density at radius 1 is 0.964 bits per heavy atom. The fourth-order valence-electron chi connectivity index (χ4n) is 3.47. The van der Waals surface area contributed by atoms with E-state index in [0.717, 1.165) is 6.42 Å². The van der Waals surface area contributed by atoms with E-state index >= 15 is 0 Å². The molecule has 0 spiro atoms. The lowest BCUT2D eigenvalue weighted by molar-refractivity contribution is 0.00979.